The monoisotopic (exact) mass is 227 g/mol. The molecule has 3 rings (SSSR count). The molecule has 0 N–H and O–H groups in total. The van der Waals surface area contributed by atoms with Gasteiger partial charge in [-0.1, -0.05) is 30.3 Å². The van der Waals surface area contributed by atoms with Crippen molar-refractivity contribution in [3.63, 3.8) is 0 Å². The highest BCUT2D eigenvalue weighted by molar-refractivity contribution is 5.75. The van der Waals surface area contributed by atoms with E-state index in [4.69, 9.17) is 4.74 Å². The molecule has 1 aromatic carbocycles. The van der Waals surface area contributed by atoms with E-state index >= 15 is 0 Å². The molecule has 2 aromatic rings. The molecule has 3 nitrogen and oxygen atoms in total. The minimum atomic E-state index is -0.226. The molecule has 3 heteroatoms. The zero-order valence-corrected chi connectivity index (χ0v) is 9.37. The van der Waals surface area contributed by atoms with Crippen molar-refractivity contribution in [3.05, 3.63) is 59.9 Å². The van der Waals surface area contributed by atoms with Crippen molar-refractivity contribution < 1.29 is 9.53 Å². The Morgan fingerprint density at radius 3 is 2.82 bits per heavy atom. The van der Waals surface area contributed by atoms with Gasteiger partial charge in [0.15, 0.2) is 0 Å². The van der Waals surface area contributed by atoms with Gasteiger partial charge < -0.3 is 9.30 Å². The fourth-order valence-electron chi connectivity index (χ4n) is 2.23. The molecule has 0 bridgehead atoms. The number of carbonyl (C=O) groups is 1. The highest BCUT2D eigenvalue weighted by atomic mass is 16.5. The zero-order valence-electron chi connectivity index (χ0n) is 9.37. The number of carbonyl (C=O) groups excluding carboxylic acids is 1. The van der Waals surface area contributed by atoms with Gasteiger partial charge in [-0.2, -0.15) is 0 Å². The number of rotatable bonds is 2. The largest absolute Gasteiger partial charge is 0.458 e. The van der Waals surface area contributed by atoms with Crippen LogP contribution < -0.4 is 0 Å². The van der Waals surface area contributed by atoms with Crippen molar-refractivity contribution in [1.29, 1.82) is 0 Å². The molecule has 0 saturated heterocycles. The van der Waals surface area contributed by atoms with Crippen LogP contribution in [0.15, 0.2) is 48.7 Å². The summed E-state index contributed by atoms with van der Waals surface area (Å²) in [6.07, 6.45) is 2.63. The second kappa shape index (κ2) is 4.09. The molecule has 0 aliphatic carbocycles. The van der Waals surface area contributed by atoms with E-state index in [0.717, 1.165) is 11.3 Å². The first-order valence-corrected chi connectivity index (χ1v) is 5.71. The molecule has 0 radical (unpaired) electrons. The Labute approximate surface area is 99.6 Å². The topological polar surface area (TPSA) is 31.2 Å². The molecule has 2 heterocycles. The van der Waals surface area contributed by atoms with E-state index in [1.54, 1.807) is 0 Å². The lowest BCUT2D eigenvalue weighted by molar-refractivity contribution is -0.152. The van der Waals surface area contributed by atoms with Gasteiger partial charge in [-0.15, -0.1) is 0 Å². The molecule has 17 heavy (non-hydrogen) atoms. The van der Waals surface area contributed by atoms with E-state index in [9.17, 15) is 4.79 Å². The van der Waals surface area contributed by atoms with E-state index in [1.807, 2.05) is 53.2 Å². The SMILES string of the molecule is O=C1OCc2cccn2[C@H]1Cc1ccccc1. The standard InChI is InChI=1S/C14H13NO2/c16-14-13(9-11-5-2-1-3-6-11)15-8-4-7-12(15)10-17-14/h1-8,13H,9-10H2/t13-/m0/s1. The van der Waals surface area contributed by atoms with E-state index in [-0.39, 0.29) is 12.0 Å². The molecule has 0 amide bonds. The highest BCUT2D eigenvalue weighted by Crippen LogP contribution is 2.24. The predicted octanol–water partition coefficient (Wildman–Crippen LogP) is 2.33. The van der Waals surface area contributed by atoms with Gasteiger partial charge in [0.05, 0.1) is 5.69 Å². The number of cyclic esters (lactones) is 1. The molecule has 0 fully saturated rings. The average Bonchev–Trinajstić information content (AvgIpc) is 2.83. The summed E-state index contributed by atoms with van der Waals surface area (Å²) in [5.74, 6) is -0.141. The Morgan fingerprint density at radius 2 is 2.00 bits per heavy atom. The first-order valence-electron chi connectivity index (χ1n) is 5.71. The number of hydrogen-bond acceptors (Lipinski definition) is 2. The third-order valence-corrected chi connectivity index (χ3v) is 3.11. The van der Waals surface area contributed by atoms with E-state index in [2.05, 4.69) is 0 Å². The molecule has 86 valence electrons. The molecule has 1 atom stereocenters. The Hall–Kier alpha value is -2.03. The van der Waals surface area contributed by atoms with Gasteiger partial charge >= 0.3 is 5.97 Å². The maximum absolute atomic E-state index is 11.8. The van der Waals surface area contributed by atoms with Gasteiger partial charge in [-0.3, -0.25) is 0 Å². The minimum absolute atomic E-state index is 0.141. The smallest absolute Gasteiger partial charge is 0.329 e. The Kier molecular flexibility index (Phi) is 2.44. The number of ether oxygens (including phenoxy) is 1. The Balaban J connectivity index is 1.91. The van der Waals surface area contributed by atoms with Crippen molar-refractivity contribution in [2.45, 2.75) is 19.1 Å². The number of hydrogen-bond donors (Lipinski definition) is 0. The first kappa shape index (κ1) is 10.1. The van der Waals surface area contributed by atoms with Gasteiger partial charge in [0, 0.05) is 12.6 Å². The molecule has 0 unspecified atom stereocenters. The molecular formula is C14H13NO2. The molecule has 1 aromatic heterocycles. The Morgan fingerprint density at radius 1 is 1.18 bits per heavy atom. The average molecular weight is 227 g/mol. The fraction of sp³-hybridized carbons (Fsp3) is 0.214. The minimum Gasteiger partial charge on any atom is -0.458 e. The molecule has 0 spiro atoms. The summed E-state index contributed by atoms with van der Waals surface area (Å²) < 4.78 is 7.20. The first-order chi connectivity index (χ1) is 8.34. The van der Waals surface area contributed by atoms with Crippen molar-refractivity contribution >= 4 is 5.97 Å². The van der Waals surface area contributed by atoms with Crippen LogP contribution in [-0.2, 0) is 22.6 Å². The Bertz CT molecular complexity index is 530. The summed E-state index contributed by atoms with van der Waals surface area (Å²) in [5.41, 5.74) is 2.21. The lowest BCUT2D eigenvalue weighted by Crippen LogP contribution is -2.29. The maximum Gasteiger partial charge on any atom is 0.329 e. The van der Waals surface area contributed by atoms with Crippen molar-refractivity contribution in [2.24, 2.45) is 0 Å². The van der Waals surface area contributed by atoms with Crippen molar-refractivity contribution in [3.8, 4) is 0 Å². The number of esters is 1. The summed E-state index contributed by atoms with van der Waals surface area (Å²) >= 11 is 0. The van der Waals surface area contributed by atoms with Crippen LogP contribution in [0.3, 0.4) is 0 Å². The van der Waals surface area contributed by atoms with Gasteiger partial charge in [-0.05, 0) is 17.7 Å². The van der Waals surface area contributed by atoms with E-state index in [1.165, 1.54) is 0 Å². The molecule has 0 saturated carbocycles. The quantitative estimate of drug-likeness (QED) is 0.737. The van der Waals surface area contributed by atoms with Gasteiger partial charge in [0.1, 0.15) is 12.6 Å². The molecular weight excluding hydrogens is 214 g/mol. The number of fused-ring (bicyclic) bond motifs is 1. The van der Waals surface area contributed by atoms with Crippen LogP contribution in [0.4, 0.5) is 0 Å². The number of benzene rings is 1. The predicted molar refractivity (Wildman–Crippen MR) is 63.4 cm³/mol. The van der Waals surface area contributed by atoms with Crippen LogP contribution in [-0.4, -0.2) is 10.5 Å². The van der Waals surface area contributed by atoms with Crippen molar-refractivity contribution in [1.82, 2.24) is 4.57 Å². The summed E-state index contributed by atoms with van der Waals surface area (Å²) in [4.78, 5) is 11.8. The van der Waals surface area contributed by atoms with E-state index in [0.29, 0.717) is 13.0 Å². The van der Waals surface area contributed by atoms with Crippen LogP contribution in [0.5, 0.6) is 0 Å². The number of nitrogens with zero attached hydrogens (tertiary/aromatic N) is 1. The van der Waals surface area contributed by atoms with E-state index < -0.39 is 0 Å². The lowest BCUT2D eigenvalue weighted by Gasteiger charge is -2.25. The molecule has 1 aliphatic heterocycles. The van der Waals surface area contributed by atoms with Crippen LogP contribution >= 0.6 is 0 Å². The summed E-state index contributed by atoms with van der Waals surface area (Å²) in [5, 5.41) is 0. The van der Waals surface area contributed by atoms with Crippen LogP contribution in [0, 0.1) is 0 Å². The van der Waals surface area contributed by atoms with Crippen LogP contribution in [0.25, 0.3) is 0 Å². The van der Waals surface area contributed by atoms with Crippen molar-refractivity contribution in [2.75, 3.05) is 0 Å². The van der Waals surface area contributed by atoms with Gasteiger partial charge in [0.25, 0.3) is 0 Å². The normalized spacial score (nSPS) is 18.6. The second-order valence-corrected chi connectivity index (χ2v) is 4.22. The summed E-state index contributed by atoms with van der Waals surface area (Å²) in [7, 11) is 0. The van der Waals surface area contributed by atoms with Crippen LogP contribution in [0.2, 0.25) is 0 Å². The van der Waals surface area contributed by atoms with Crippen LogP contribution in [0.1, 0.15) is 17.3 Å². The third-order valence-electron chi connectivity index (χ3n) is 3.11. The van der Waals surface area contributed by atoms with Gasteiger partial charge in [0.2, 0.25) is 0 Å². The zero-order chi connectivity index (χ0) is 11.7. The third kappa shape index (κ3) is 1.84. The summed E-state index contributed by atoms with van der Waals surface area (Å²) in [6, 6.07) is 13.7. The number of aromatic nitrogens is 1. The van der Waals surface area contributed by atoms with Gasteiger partial charge in [-0.25, -0.2) is 4.79 Å². The summed E-state index contributed by atoms with van der Waals surface area (Å²) in [6.45, 7) is 0.386. The maximum atomic E-state index is 11.8. The lowest BCUT2D eigenvalue weighted by atomic mass is 10.1. The molecule has 1 aliphatic rings. The second-order valence-electron chi connectivity index (χ2n) is 4.22. The highest BCUT2D eigenvalue weighted by Gasteiger charge is 2.28. The fourth-order valence-corrected chi connectivity index (χ4v) is 2.23.